The third kappa shape index (κ3) is 2.45. The van der Waals surface area contributed by atoms with Crippen LogP contribution in [-0.4, -0.2) is 30.1 Å². The van der Waals surface area contributed by atoms with E-state index >= 15 is 0 Å². The number of amides is 1. The largest absolute Gasteiger partial charge is 0.290 e. The van der Waals surface area contributed by atoms with Gasteiger partial charge in [0.25, 0.3) is 5.91 Å². The molecule has 0 spiro atoms. The van der Waals surface area contributed by atoms with Crippen LogP contribution in [0.1, 0.15) is 5.56 Å². The zero-order valence-electron chi connectivity index (χ0n) is 9.48. The number of carbonyl (C=O) groups is 1. The Balaban J connectivity index is 2.37. The number of aliphatic imine (C=N–C) groups is 1. The second-order valence-electron chi connectivity index (χ2n) is 3.50. The number of rotatable bonds is 1. The van der Waals surface area contributed by atoms with E-state index in [9.17, 15) is 4.79 Å². The third-order valence-corrected chi connectivity index (χ3v) is 4.26. The Labute approximate surface area is 113 Å². The molecule has 1 aliphatic rings. The first kappa shape index (κ1) is 12.4. The summed E-state index contributed by atoms with van der Waals surface area (Å²) in [6.45, 7) is 0. The van der Waals surface area contributed by atoms with E-state index in [1.54, 1.807) is 19.0 Å². The standard InChI is InChI=1S/C12H11BrN2OS/c1-14-12-15(2)11(16)10(17-12)7-8-5-3-4-6-9(8)13/h3-7H,1-2H3/b10-7+,14-12?. The second kappa shape index (κ2) is 5.06. The van der Waals surface area contributed by atoms with E-state index in [1.807, 2.05) is 30.3 Å². The predicted octanol–water partition coefficient (Wildman–Crippen LogP) is 2.98. The lowest BCUT2D eigenvalue weighted by Crippen LogP contribution is -2.23. The Hall–Kier alpha value is -1.07. The Kier molecular flexibility index (Phi) is 3.69. The number of nitrogens with zero attached hydrogens (tertiary/aromatic N) is 2. The minimum Gasteiger partial charge on any atom is -0.290 e. The van der Waals surface area contributed by atoms with Gasteiger partial charge in [-0.15, -0.1) is 0 Å². The van der Waals surface area contributed by atoms with Crippen molar-refractivity contribution in [2.24, 2.45) is 4.99 Å². The van der Waals surface area contributed by atoms with E-state index in [0.29, 0.717) is 4.91 Å². The van der Waals surface area contributed by atoms with Gasteiger partial charge >= 0.3 is 0 Å². The average Bonchev–Trinajstić information content (AvgIpc) is 2.60. The van der Waals surface area contributed by atoms with E-state index in [0.717, 1.165) is 15.2 Å². The normalized spacial score (nSPS) is 20.6. The molecule has 1 amide bonds. The third-order valence-electron chi connectivity index (χ3n) is 2.39. The lowest BCUT2D eigenvalue weighted by molar-refractivity contribution is -0.121. The van der Waals surface area contributed by atoms with Gasteiger partial charge in [0, 0.05) is 18.6 Å². The highest BCUT2D eigenvalue weighted by molar-refractivity contribution is 9.10. The first-order valence-corrected chi connectivity index (χ1v) is 6.63. The van der Waals surface area contributed by atoms with Crippen molar-refractivity contribution in [3.8, 4) is 0 Å². The monoisotopic (exact) mass is 310 g/mol. The maximum absolute atomic E-state index is 11.9. The van der Waals surface area contributed by atoms with Crippen molar-refractivity contribution in [2.45, 2.75) is 0 Å². The summed E-state index contributed by atoms with van der Waals surface area (Å²) in [4.78, 5) is 18.3. The molecule has 0 saturated carbocycles. The summed E-state index contributed by atoms with van der Waals surface area (Å²) >= 11 is 4.86. The lowest BCUT2D eigenvalue weighted by atomic mass is 10.2. The summed E-state index contributed by atoms with van der Waals surface area (Å²) in [5.74, 6) is -0.00801. The molecule has 2 rings (SSSR count). The molecule has 0 radical (unpaired) electrons. The number of likely N-dealkylation sites (N-methyl/N-ethyl adjacent to an activating group) is 1. The molecular weight excluding hydrogens is 300 g/mol. The SMILES string of the molecule is CN=C1S/C(=C/c2ccccc2Br)C(=O)N1C. The minimum atomic E-state index is -0.00801. The number of carbonyl (C=O) groups excluding carboxylic acids is 1. The van der Waals surface area contributed by atoms with Crippen molar-refractivity contribution in [3.63, 3.8) is 0 Å². The summed E-state index contributed by atoms with van der Waals surface area (Å²) in [7, 11) is 3.42. The number of benzene rings is 1. The number of hydrogen-bond acceptors (Lipinski definition) is 3. The predicted molar refractivity (Wildman–Crippen MR) is 75.8 cm³/mol. The van der Waals surface area contributed by atoms with Crippen molar-refractivity contribution in [3.05, 3.63) is 39.2 Å². The van der Waals surface area contributed by atoms with Gasteiger partial charge in [-0.3, -0.25) is 14.7 Å². The molecule has 1 aliphatic heterocycles. The zero-order chi connectivity index (χ0) is 12.4. The zero-order valence-corrected chi connectivity index (χ0v) is 11.9. The molecule has 5 heteroatoms. The summed E-state index contributed by atoms with van der Waals surface area (Å²) in [6, 6.07) is 7.81. The Bertz CT molecular complexity index is 525. The van der Waals surface area contributed by atoms with Gasteiger partial charge < -0.3 is 0 Å². The van der Waals surface area contributed by atoms with Crippen LogP contribution in [-0.2, 0) is 4.79 Å². The molecule has 1 aromatic rings. The Morgan fingerprint density at radius 1 is 1.41 bits per heavy atom. The first-order valence-electron chi connectivity index (χ1n) is 5.02. The molecule has 0 bridgehead atoms. The molecule has 1 heterocycles. The van der Waals surface area contributed by atoms with Crippen LogP contribution in [0.2, 0.25) is 0 Å². The van der Waals surface area contributed by atoms with Crippen LogP contribution in [0.5, 0.6) is 0 Å². The van der Waals surface area contributed by atoms with Gasteiger partial charge in [-0.25, -0.2) is 0 Å². The number of halogens is 1. The van der Waals surface area contributed by atoms with Gasteiger partial charge in [-0.1, -0.05) is 34.1 Å². The molecular formula is C12H11BrN2OS. The lowest BCUT2D eigenvalue weighted by Gasteiger charge is -2.05. The van der Waals surface area contributed by atoms with Gasteiger partial charge in [-0.2, -0.15) is 0 Å². The van der Waals surface area contributed by atoms with E-state index in [2.05, 4.69) is 20.9 Å². The van der Waals surface area contributed by atoms with Crippen molar-refractivity contribution in [2.75, 3.05) is 14.1 Å². The van der Waals surface area contributed by atoms with Gasteiger partial charge in [0.05, 0.1) is 4.91 Å². The summed E-state index contributed by atoms with van der Waals surface area (Å²) < 4.78 is 0.977. The fourth-order valence-electron chi connectivity index (χ4n) is 1.48. The maximum atomic E-state index is 11.9. The highest BCUT2D eigenvalue weighted by atomic mass is 79.9. The summed E-state index contributed by atoms with van der Waals surface area (Å²) in [6.07, 6.45) is 1.88. The van der Waals surface area contributed by atoms with Gasteiger partial charge in [-0.05, 0) is 29.5 Å². The second-order valence-corrected chi connectivity index (χ2v) is 5.37. The fraction of sp³-hybridized carbons (Fsp3) is 0.167. The van der Waals surface area contributed by atoms with E-state index in [-0.39, 0.29) is 5.91 Å². The average molecular weight is 311 g/mol. The molecule has 1 fully saturated rings. The molecule has 17 heavy (non-hydrogen) atoms. The van der Waals surface area contributed by atoms with Crippen molar-refractivity contribution < 1.29 is 4.79 Å². The molecule has 1 aromatic carbocycles. The highest BCUT2D eigenvalue weighted by Crippen LogP contribution is 2.32. The van der Waals surface area contributed by atoms with Crippen LogP contribution in [0.4, 0.5) is 0 Å². The van der Waals surface area contributed by atoms with Gasteiger partial charge in [0.15, 0.2) is 5.17 Å². The highest BCUT2D eigenvalue weighted by Gasteiger charge is 2.29. The van der Waals surface area contributed by atoms with Crippen LogP contribution >= 0.6 is 27.7 Å². The van der Waals surface area contributed by atoms with E-state index in [1.165, 1.54) is 11.8 Å². The first-order chi connectivity index (χ1) is 8.13. The summed E-state index contributed by atoms with van der Waals surface area (Å²) in [5, 5.41) is 0.730. The van der Waals surface area contributed by atoms with Crippen molar-refractivity contribution in [1.82, 2.24) is 4.90 Å². The van der Waals surface area contributed by atoms with Crippen LogP contribution in [0.15, 0.2) is 38.6 Å². The molecule has 0 atom stereocenters. The van der Waals surface area contributed by atoms with Crippen LogP contribution < -0.4 is 0 Å². The number of thioether (sulfide) groups is 1. The smallest absolute Gasteiger partial charge is 0.266 e. The topological polar surface area (TPSA) is 32.7 Å². The van der Waals surface area contributed by atoms with Crippen LogP contribution in [0.3, 0.4) is 0 Å². The molecule has 0 aliphatic carbocycles. The van der Waals surface area contributed by atoms with Crippen molar-refractivity contribution >= 4 is 44.8 Å². The van der Waals surface area contributed by atoms with Crippen LogP contribution in [0.25, 0.3) is 6.08 Å². The molecule has 0 unspecified atom stereocenters. The van der Waals surface area contributed by atoms with Crippen molar-refractivity contribution in [1.29, 1.82) is 0 Å². The Morgan fingerprint density at radius 3 is 2.71 bits per heavy atom. The number of hydrogen-bond donors (Lipinski definition) is 0. The fourth-order valence-corrected chi connectivity index (χ4v) is 2.80. The molecule has 0 N–H and O–H groups in total. The molecule has 0 aromatic heterocycles. The minimum absolute atomic E-state index is 0.00801. The van der Waals surface area contributed by atoms with Gasteiger partial charge in [0.1, 0.15) is 0 Å². The van der Waals surface area contributed by atoms with E-state index in [4.69, 9.17) is 0 Å². The molecule has 1 saturated heterocycles. The van der Waals surface area contributed by atoms with E-state index < -0.39 is 0 Å². The quantitative estimate of drug-likeness (QED) is 0.747. The summed E-state index contributed by atoms with van der Waals surface area (Å²) in [5.41, 5.74) is 0.995. The number of amidine groups is 1. The van der Waals surface area contributed by atoms with Crippen LogP contribution in [0, 0.1) is 0 Å². The molecule has 3 nitrogen and oxygen atoms in total. The Morgan fingerprint density at radius 2 is 2.12 bits per heavy atom. The molecule has 88 valence electrons. The van der Waals surface area contributed by atoms with Gasteiger partial charge in [0.2, 0.25) is 0 Å². The maximum Gasteiger partial charge on any atom is 0.266 e.